The molecule has 0 bridgehead atoms. The molecule has 0 spiro atoms. The molecule has 2 heterocycles. The van der Waals surface area contributed by atoms with E-state index in [-0.39, 0.29) is 0 Å². The second kappa shape index (κ2) is 7.81. The maximum absolute atomic E-state index is 3.53. The SMILES string of the molecule is CC(C)CNCc1cccn1CCN1CCN(C)CC1. The molecule has 0 amide bonds. The van der Waals surface area contributed by atoms with Gasteiger partial charge < -0.3 is 14.8 Å². The molecule has 4 nitrogen and oxygen atoms in total. The van der Waals surface area contributed by atoms with E-state index in [2.05, 4.69) is 58.9 Å². The van der Waals surface area contributed by atoms with Crippen LogP contribution in [0.4, 0.5) is 0 Å². The third kappa shape index (κ3) is 4.93. The number of nitrogens with zero attached hydrogens (tertiary/aromatic N) is 3. The summed E-state index contributed by atoms with van der Waals surface area (Å²) >= 11 is 0. The Hall–Kier alpha value is -0.840. The van der Waals surface area contributed by atoms with E-state index >= 15 is 0 Å². The molecule has 4 heteroatoms. The van der Waals surface area contributed by atoms with Gasteiger partial charge >= 0.3 is 0 Å². The highest BCUT2D eigenvalue weighted by atomic mass is 15.3. The average Bonchev–Trinajstić information content (AvgIpc) is 2.85. The molecular formula is C16H30N4. The summed E-state index contributed by atoms with van der Waals surface area (Å²) in [5.41, 5.74) is 1.40. The summed E-state index contributed by atoms with van der Waals surface area (Å²) in [6.45, 7) is 13.7. The van der Waals surface area contributed by atoms with Crippen molar-refractivity contribution in [3.63, 3.8) is 0 Å². The van der Waals surface area contributed by atoms with Gasteiger partial charge in [-0.1, -0.05) is 13.8 Å². The van der Waals surface area contributed by atoms with Crippen molar-refractivity contribution in [3.05, 3.63) is 24.0 Å². The van der Waals surface area contributed by atoms with Crippen molar-refractivity contribution in [2.24, 2.45) is 5.92 Å². The Morgan fingerprint density at radius 3 is 2.60 bits per heavy atom. The van der Waals surface area contributed by atoms with Crippen LogP contribution >= 0.6 is 0 Å². The summed E-state index contributed by atoms with van der Waals surface area (Å²) in [6, 6.07) is 4.40. The van der Waals surface area contributed by atoms with Gasteiger partial charge in [0.05, 0.1) is 0 Å². The number of nitrogens with one attached hydrogen (secondary N) is 1. The lowest BCUT2D eigenvalue weighted by Crippen LogP contribution is -2.45. The number of aromatic nitrogens is 1. The predicted molar refractivity (Wildman–Crippen MR) is 84.9 cm³/mol. The molecule has 1 aromatic rings. The maximum atomic E-state index is 3.53. The summed E-state index contributed by atoms with van der Waals surface area (Å²) in [5, 5.41) is 3.53. The Labute approximate surface area is 123 Å². The van der Waals surface area contributed by atoms with Gasteiger partial charge in [0.25, 0.3) is 0 Å². The van der Waals surface area contributed by atoms with Crippen LogP contribution < -0.4 is 5.32 Å². The minimum atomic E-state index is 0.712. The van der Waals surface area contributed by atoms with E-state index < -0.39 is 0 Å². The Balaban J connectivity index is 1.74. The second-order valence-corrected chi connectivity index (χ2v) is 6.36. The van der Waals surface area contributed by atoms with Gasteiger partial charge in [0, 0.05) is 57.7 Å². The van der Waals surface area contributed by atoms with Crippen LogP contribution in [-0.2, 0) is 13.1 Å². The zero-order chi connectivity index (χ0) is 14.4. The number of hydrogen-bond donors (Lipinski definition) is 1. The predicted octanol–water partition coefficient (Wildman–Crippen LogP) is 1.48. The number of rotatable bonds is 7. The Morgan fingerprint density at radius 2 is 1.90 bits per heavy atom. The monoisotopic (exact) mass is 278 g/mol. The second-order valence-electron chi connectivity index (χ2n) is 6.36. The van der Waals surface area contributed by atoms with Gasteiger partial charge in [-0.05, 0) is 31.6 Å². The first kappa shape index (κ1) is 15.5. The average molecular weight is 278 g/mol. The first-order valence-corrected chi connectivity index (χ1v) is 7.91. The minimum Gasteiger partial charge on any atom is -0.349 e. The molecule has 20 heavy (non-hydrogen) atoms. The first-order chi connectivity index (χ1) is 9.65. The Kier molecular flexibility index (Phi) is 6.07. The Morgan fingerprint density at radius 1 is 1.15 bits per heavy atom. The normalized spacial score (nSPS) is 18.0. The van der Waals surface area contributed by atoms with Crippen LogP contribution in [0.2, 0.25) is 0 Å². The van der Waals surface area contributed by atoms with Gasteiger partial charge in [0.1, 0.15) is 0 Å². The van der Waals surface area contributed by atoms with E-state index in [1.165, 1.54) is 38.4 Å². The zero-order valence-corrected chi connectivity index (χ0v) is 13.3. The highest BCUT2D eigenvalue weighted by Gasteiger charge is 2.13. The minimum absolute atomic E-state index is 0.712. The van der Waals surface area contributed by atoms with Crippen molar-refractivity contribution >= 4 is 0 Å². The quantitative estimate of drug-likeness (QED) is 0.817. The van der Waals surface area contributed by atoms with Crippen LogP contribution in [0.15, 0.2) is 18.3 Å². The van der Waals surface area contributed by atoms with Crippen LogP contribution in [0, 0.1) is 5.92 Å². The molecule has 1 aliphatic rings. The fourth-order valence-corrected chi connectivity index (χ4v) is 2.64. The molecule has 1 saturated heterocycles. The van der Waals surface area contributed by atoms with E-state index in [9.17, 15) is 0 Å². The molecule has 0 unspecified atom stereocenters. The standard InChI is InChI=1S/C16H30N4/c1-15(2)13-17-14-16-5-4-6-20(16)12-11-19-9-7-18(3)8-10-19/h4-6,15,17H,7-14H2,1-3H3. The van der Waals surface area contributed by atoms with Crippen molar-refractivity contribution < 1.29 is 0 Å². The fourth-order valence-electron chi connectivity index (χ4n) is 2.64. The summed E-state index contributed by atoms with van der Waals surface area (Å²) < 4.78 is 2.39. The maximum Gasteiger partial charge on any atom is 0.0359 e. The van der Waals surface area contributed by atoms with Gasteiger partial charge in [0.2, 0.25) is 0 Å². The molecule has 1 aliphatic heterocycles. The van der Waals surface area contributed by atoms with Crippen LogP contribution in [-0.4, -0.2) is 60.7 Å². The summed E-state index contributed by atoms with van der Waals surface area (Å²) in [4.78, 5) is 4.98. The summed E-state index contributed by atoms with van der Waals surface area (Å²) in [7, 11) is 2.21. The molecule has 1 fully saturated rings. The third-order valence-electron chi connectivity index (χ3n) is 4.04. The van der Waals surface area contributed by atoms with E-state index in [1.54, 1.807) is 0 Å². The van der Waals surface area contributed by atoms with Crippen LogP contribution in [0.25, 0.3) is 0 Å². The topological polar surface area (TPSA) is 23.4 Å². The number of piperazine rings is 1. The van der Waals surface area contributed by atoms with Gasteiger partial charge in [0.15, 0.2) is 0 Å². The number of likely N-dealkylation sites (N-methyl/N-ethyl adjacent to an activating group) is 1. The van der Waals surface area contributed by atoms with Gasteiger partial charge in [-0.15, -0.1) is 0 Å². The van der Waals surface area contributed by atoms with E-state index in [4.69, 9.17) is 0 Å². The Bertz CT molecular complexity index is 378. The molecular weight excluding hydrogens is 248 g/mol. The van der Waals surface area contributed by atoms with Gasteiger partial charge in [-0.25, -0.2) is 0 Å². The molecule has 1 aromatic heterocycles. The van der Waals surface area contributed by atoms with Gasteiger partial charge in [-0.2, -0.15) is 0 Å². The van der Waals surface area contributed by atoms with E-state index in [0.29, 0.717) is 5.92 Å². The van der Waals surface area contributed by atoms with E-state index in [1.807, 2.05) is 0 Å². The van der Waals surface area contributed by atoms with Crippen molar-refractivity contribution in [3.8, 4) is 0 Å². The van der Waals surface area contributed by atoms with Crippen molar-refractivity contribution in [1.29, 1.82) is 0 Å². The van der Waals surface area contributed by atoms with Crippen LogP contribution in [0.3, 0.4) is 0 Å². The fraction of sp³-hybridized carbons (Fsp3) is 0.750. The summed E-state index contributed by atoms with van der Waals surface area (Å²) in [5.74, 6) is 0.712. The molecule has 0 aliphatic carbocycles. The van der Waals surface area contributed by atoms with Gasteiger partial charge in [-0.3, -0.25) is 4.90 Å². The van der Waals surface area contributed by atoms with Crippen LogP contribution in [0.5, 0.6) is 0 Å². The lowest BCUT2D eigenvalue weighted by molar-refractivity contribution is 0.150. The lowest BCUT2D eigenvalue weighted by Gasteiger charge is -2.32. The molecule has 1 N–H and O–H groups in total. The smallest absolute Gasteiger partial charge is 0.0359 e. The molecule has 114 valence electrons. The molecule has 0 radical (unpaired) electrons. The molecule has 0 saturated carbocycles. The summed E-state index contributed by atoms with van der Waals surface area (Å²) in [6.07, 6.45) is 2.21. The number of hydrogen-bond acceptors (Lipinski definition) is 3. The largest absolute Gasteiger partial charge is 0.349 e. The lowest BCUT2D eigenvalue weighted by atomic mass is 10.2. The molecule has 2 rings (SSSR count). The molecule has 0 atom stereocenters. The van der Waals surface area contributed by atoms with Crippen molar-refractivity contribution in [2.75, 3.05) is 46.3 Å². The highest BCUT2D eigenvalue weighted by molar-refractivity contribution is 5.07. The highest BCUT2D eigenvalue weighted by Crippen LogP contribution is 2.05. The van der Waals surface area contributed by atoms with Crippen LogP contribution in [0.1, 0.15) is 19.5 Å². The first-order valence-electron chi connectivity index (χ1n) is 7.91. The third-order valence-corrected chi connectivity index (χ3v) is 4.04. The van der Waals surface area contributed by atoms with E-state index in [0.717, 1.165) is 19.6 Å². The zero-order valence-electron chi connectivity index (χ0n) is 13.3. The van der Waals surface area contributed by atoms with Crippen molar-refractivity contribution in [2.45, 2.75) is 26.9 Å². The van der Waals surface area contributed by atoms with Crippen molar-refractivity contribution in [1.82, 2.24) is 19.7 Å². The molecule has 0 aromatic carbocycles.